The van der Waals surface area contributed by atoms with Gasteiger partial charge in [-0.3, -0.25) is 4.90 Å². The molecule has 0 aromatic heterocycles. The first-order valence-electron chi connectivity index (χ1n) is 5.08. The largest absolute Gasteiger partial charge is 0.447 e. The number of nitrogens with zero attached hydrogens (tertiary/aromatic N) is 1. The molecule has 84 valence electrons. The Kier molecular flexibility index (Phi) is 6.18. The third-order valence-corrected chi connectivity index (χ3v) is 1.67. The van der Waals surface area contributed by atoms with Crippen molar-refractivity contribution in [3.05, 3.63) is 36.6 Å². The lowest BCUT2D eigenvalue weighted by Gasteiger charge is -2.11. The Morgan fingerprint density at radius 2 is 2.00 bits per heavy atom. The Bertz CT molecular complexity index is 279. The zero-order chi connectivity index (χ0) is 11.8. The van der Waals surface area contributed by atoms with Crippen LogP contribution in [0.5, 0.6) is 0 Å². The number of carbonyl (C=O) groups excluding carboxylic acids is 1. The predicted molar refractivity (Wildman–Crippen MR) is 62.5 cm³/mol. The summed E-state index contributed by atoms with van der Waals surface area (Å²) in [4.78, 5) is 12.5. The fourth-order valence-corrected chi connectivity index (χ4v) is 0.983. The van der Waals surface area contributed by atoms with Crippen LogP contribution in [-0.2, 0) is 4.74 Å². The van der Waals surface area contributed by atoms with Gasteiger partial charge in [0, 0.05) is 5.70 Å². The zero-order valence-electron chi connectivity index (χ0n) is 9.75. The van der Waals surface area contributed by atoms with E-state index in [1.165, 1.54) is 4.90 Å². The zero-order valence-corrected chi connectivity index (χ0v) is 9.75. The molecule has 3 heteroatoms. The van der Waals surface area contributed by atoms with Crippen LogP contribution >= 0.6 is 0 Å². The summed E-state index contributed by atoms with van der Waals surface area (Å²) in [5, 5.41) is 0. The van der Waals surface area contributed by atoms with Gasteiger partial charge in [-0.1, -0.05) is 38.7 Å². The molecule has 1 saturated heterocycles. The van der Waals surface area contributed by atoms with Gasteiger partial charge in [0.2, 0.25) is 0 Å². The van der Waals surface area contributed by atoms with Crippen LogP contribution in [0.4, 0.5) is 4.79 Å². The second kappa shape index (κ2) is 6.87. The molecule has 0 spiro atoms. The van der Waals surface area contributed by atoms with Crippen molar-refractivity contribution >= 4 is 6.09 Å². The Balaban J connectivity index is 0.000000921. The van der Waals surface area contributed by atoms with Gasteiger partial charge in [0.15, 0.2) is 0 Å². The van der Waals surface area contributed by atoms with Gasteiger partial charge in [-0.25, -0.2) is 4.79 Å². The highest BCUT2D eigenvalue weighted by atomic mass is 16.6. The number of hydrogen-bond donors (Lipinski definition) is 0. The van der Waals surface area contributed by atoms with E-state index in [9.17, 15) is 4.79 Å². The minimum atomic E-state index is -0.323. The molecule has 1 rings (SSSR count). The summed E-state index contributed by atoms with van der Waals surface area (Å²) in [5.74, 6) is 0. The molecule has 0 unspecified atom stereocenters. The number of ether oxygens (including phenoxy) is 1. The summed E-state index contributed by atoms with van der Waals surface area (Å²) in [7, 11) is 0. The summed E-state index contributed by atoms with van der Waals surface area (Å²) >= 11 is 0. The molecule has 0 N–H and O–H groups in total. The first-order valence-corrected chi connectivity index (χ1v) is 5.08. The molecule has 0 saturated carbocycles. The fraction of sp³-hybridized carbons (Fsp3) is 0.417. The summed E-state index contributed by atoms with van der Waals surface area (Å²) < 4.78 is 4.76. The van der Waals surface area contributed by atoms with E-state index in [0.29, 0.717) is 18.8 Å². The Hall–Kier alpha value is -1.51. The third kappa shape index (κ3) is 4.49. The minimum Gasteiger partial charge on any atom is -0.447 e. The third-order valence-electron chi connectivity index (χ3n) is 1.67. The summed E-state index contributed by atoms with van der Waals surface area (Å²) in [6.07, 6.45) is 3.25. The van der Waals surface area contributed by atoms with Crippen LogP contribution in [0.2, 0.25) is 0 Å². The van der Waals surface area contributed by atoms with Gasteiger partial charge in [0.1, 0.15) is 6.61 Å². The van der Waals surface area contributed by atoms with E-state index in [4.69, 9.17) is 4.74 Å². The summed E-state index contributed by atoms with van der Waals surface area (Å²) in [6.45, 7) is 14.4. The number of hydrogen-bond acceptors (Lipinski definition) is 2. The molecule has 0 aromatic rings. The van der Waals surface area contributed by atoms with Crippen LogP contribution in [-0.4, -0.2) is 24.1 Å². The van der Waals surface area contributed by atoms with E-state index in [1.807, 2.05) is 26.8 Å². The lowest BCUT2D eigenvalue weighted by atomic mass is 10.3. The number of cyclic esters (lactones) is 1. The smallest absolute Gasteiger partial charge is 0.414 e. The van der Waals surface area contributed by atoms with Gasteiger partial charge >= 0.3 is 6.09 Å². The van der Waals surface area contributed by atoms with Crippen LogP contribution in [0.1, 0.15) is 20.8 Å². The molecular weight excluding hydrogens is 190 g/mol. The second-order valence-electron chi connectivity index (χ2n) is 2.94. The van der Waals surface area contributed by atoms with Crippen LogP contribution in [0.25, 0.3) is 0 Å². The topological polar surface area (TPSA) is 29.5 Å². The van der Waals surface area contributed by atoms with Crippen molar-refractivity contribution in [2.24, 2.45) is 0 Å². The van der Waals surface area contributed by atoms with Crippen LogP contribution in [0.15, 0.2) is 36.6 Å². The van der Waals surface area contributed by atoms with E-state index in [-0.39, 0.29) is 6.09 Å². The van der Waals surface area contributed by atoms with E-state index in [0.717, 1.165) is 5.57 Å². The van der Waals surface area contributed by atoms with Gasteiger partial charge in [-0.15, -0.1) is 0 Å². The van der Waals surface area contributed by atoms with Crippen molar-refractivity contribution in [1.82, 2.24) is 4.90 Å². The van der Waals surface area contributed by atoms with Gasteiger partial charge in [-0.05, 0) is 13.0 Å². The molecule has 1 amide bonds. The molecule has 1 fully saturated rings. The lowest BCUT2D eigenvalue weighted by molar-refractivity contribution is 0.165. The molecule has 15 heavy (non-hydrogen) atoms. The first kappa shape index (κ1) is 13.5. The monoisotopic (exact) mass is 209 g/mol. The van der Waals surface area contributed by atoms with Crippen molar-refractivity contribution in [3.63, 3.8) is 0 Å². The maximum absolute atomic E-state index is 11.0. The number of amides is 1. The van der Waals surface area contributed by atoms with Crippen LogP contribution < -0.4 is 0 Å². The second-order valence-corrected chi connectivity index (χ2v) is 2.94. The molecule has 0 bridgehead atoms. The van der Waals surface area contributed by atoms with E-state index >= 15 is 0 Å². The molecule has 0 atom stereocenters. The summed E-state index contributed by atoms with van der Waals surface area (Å²) in [6, 6.07) is 0. The van der Waals surface area contributed by atoms with E-state index in [2.05, 4.69) is 13.2 Å². The molecule has 1 aliphatic heterocycles. The Morgan fingerprint density at radius 1 is 1.40 bits per heavy atom. The molecule has 0 radical (unpaired) electrons. The van der Waals surface area contributed by atoms with Crippen molar-refractivity contribution < 1.29 is 9.53 Å². The quantitative estimate of drug-likeness (QED) is 0.668. The highest BCUT2D eigenvalue weighted by molar-refractivity contribution is 5.72. The average Bonchev–Trinajstić information content (AvgIpc) is 2.64. The van der Waals surface area contributed by atoms with Gasteiger partial charge < -0.3 is 4.74 Å². The van der Waals surface area contributed by atoms with Crippen molar-refractivity contribution in [2.75, 3.05) is 13.2 Å². The number of carbonyl (C=O) groups is 1. The van der Waals surface area contributed by atoms with E-state index < -0.39 is 0 Å². The van der Waals surface area contributed by atoms with Gasteiger partial charge in [0.05, 0.1) is 6.54 Å². The standard InChI is InChI=1S/C10H13NO2.C2H6/c1-8(2)4-5-9(3)11-6-7-13-10(11)12;1-2/h4-5H,1,3,6-7H2,2H3;1-2H3/b5-4-;. The highest BCUT2D eigenvalue weighted by Crippen LogP contribution is 2.11. The Morgan fingerprint density at radius 3 is 2.40 bits per heavy atom. The molecule has 0 aromatic carbocycles. The molecule has 0 aliphatic carbocycles. The molecular formula is C12H19NO2. The highest BCUT2D eigenvalue weighted by Gasteiger charge is 2.22. The lowest BCUT2D eigenvalue weighted by Crippen LogP contribution is -2.21. The maximum Gasteiger partial charge on any atom is 0.414 e. The van der Waals surface area contributed by atoms with Crippen molar-refractivity contribution in [2.45, 2.75) is 20.8 Å². The maximum atomic E-state index is 11.0. The van der Waals surface area contributed by atoms with Gasteiger partial charge in [-0.2, -0.15) is 0 Å². The van der Waals surface area contributed by atoms with Gasteiger partial charge in [0.25, 0.3) is 0 Å². The normalized spacial score (nSPS) is 14.6. The molecule has 1 aliphatic rings. The fourth-order valence-electron chi connectivity index (χ4n) is 0.983. The Labute approximate surface area is 91.7 Å². The number of rotatable bonds is 3. The minimum absolute atomic E-state index is 0.323. The summed E-state index contributed by atoms with van der Waals surface area (Å²) in [5.41, 5.74) is 1.57. The predicted octanol–water partition coefficient (Wildman–Crippen LogP) is 3.11. The first-order chi connectivity index (χ1) is 7.11. The van der Waals surface area contributed by atoms with Crippen LogP contribution in [0.3, 0.4) is 0 Å². The molecule has 1 heterocycles. The van der Waals surface area contributed by atoms with E-state index in [1.54, 1.807) is 6.08 Å². The molecule has 3 nitrogen and oxygen atoms in total. The average molecular weight is 209 g/mol. The SMILES string of the molecule is C=C(C)/C=C\C(=C)N1CCOC1=O.CC. The van der Waals surface area contributed by atoms with Crippen LogP contribution in [0, 0.1) is 0 Å². The van der Waals surface area contributed by atoms with Crippen molar-refractivity contribution in [3.8, 4) is 0 Å². The van der Waals surface area contributed by atoms with Crippen molar-refractivity contribution in [1.29, 1.82) is 0 Å². The number of allylic oxidation sites excluding steroid dienone is 3.